The number of hydrogen-bond donors (Lipinski definition) is 2. The largest absolute Gasteiger partial charge is 0.504 e. The number of barbiturate groups is 1. The minimum atomic E-state index is -0.802. The monoisotopic (exact) mass is 598 g/mol. The van der Waals surface area contributed by atoms with Crippen LogP contribution in [0.2, 0.25) is 0 Å². The lowest BCUT2D eigenvalue weighted by Crippen LogP contribution is -2.54. The van der Waals surface area contributed by atoms with Gasteiger partial charge >= 0.3 is 6.03 Å². The highest BCUT2D eigenvalue weighted by atomic mass is 127. The van der Waals surface area contributed by atoms with Crippen LogP contribution in [0.5, 0.6) is 11.5 Å². The van der Waals surface area contributed by atoms with Crippen molar-refractivity contribution in [1.29, 1.82) is 0 Å². The number of phenolic OH excluding ortho intramolecular Hbond substituents is 1. The molecule has 36 heavy (non-hydrogen) atoms. The molecular formula is C28H27IN2O5. The topological polar surface area (TPSA) is 95.9 Å². The van der Waals surface area contributed by atoms with Crippen molar-refractivity contribution < 1.29 is 24.2 Å². The fraction of sp³-hybridized carbons (Fsp3) is 0.393. The fourth-order valence-electron chi connectivity index (χ4n) is 7.34. The summed E-state index contributed by atoms with van der Waals surface area (Å²) in [5.74, 6) is 0.965. The second-order valence-corrected chi connectivity index (χ2v) is 12.0. The Bertz CT molecular complexity index is 1280. The van der Waals surface area contributed by atoms with E-state index in [9.17, 15) is 19.5 Å². The quantitative estimate of drug-likeness (QED) is 0.289. The van der Waals surface area contributed by atoms with Gasteiger partial charge in [-0.3, -0.25) is 14.9 Å². The summed E-state index contributed by atoms with van der Waals surface area (Å²) in [7, 11) is 1.42. The third kappa shape index (κ3) is 3.81. The Kier molecular flexibility index (Phi) is 5.62. The molecular weight excluding hydrogens is 571 g/mol. The van der Waals surface area contributed by atoms with Gasteiger partial charge in [-0.25, -0.2) is 9.69 Å². The molecule has 5 aliphatic rings. The van der Waals surface area contributed by atoms with Crippen LogP contribution >= 0.6 is 22.6 Å². The molecule has 7 rings (SSSR count). The number of rotatable bonds is 4. The summed E-state index contributed by atoms with van der Waals surface area (Å²) in [6.07, 6.45) is 9.07. The molecule has 4 bridgehead atoms. The third-order valence-corrected chi connectivity index (χ3v) is 9.09. The smallest absolute Gasteiger partial charge is 0.335 e. The summed E-state index contributed by atoms with van der Waals surface area (Å²) in [5.41, 5.74) is 1.93. The first-order chi connectivity index (χ1) is 17.3. The maximum Gasteiger partial charge on any atom is 0.335 e. The SMILES string of the molecule is COc1cc(I)cc(/C=C2\C(=O)NC(=O)N(c3ccc(C45CC6CC(CC(C6)C4)C5)cc3)C2=O)c1O. The van der Waals surface area contributed by atoms with Crippen LogP contribution in [0.15, 0.2) is 42.0 Å². The van der Waals surface area contributed by atoms with E-state index in [-0.39, 0.29) is 28.1 Å². The first-order valence-corrected chi connectivity index (χ1v) is 13.4. The van der Waals surface area contributed by atoms with Gasteiger partial charge in [-0.2, -0.15) is 0 Å². The van der Waals surface area contributed by atoms with E-state index in [1.165, 1.54) is 57.3 Å². The zero-order valence-corrected chi connectivity index (χ0v) is 22.1. The van der Waals surface area contributed by atoms with E-state index in [0.29, 0.717) is 5.69 Å². The normalized spacial score (nSPS) is 30.2. The lowest BCUT2D eigenvalue weighted by molar-refractivity contribution is -0.122. The van der Waals surface area contributed by atoms with Crippen LogP contribution in [0.1, 0.15) is 49.7 Å². The van der Waals surface area contributed by atoms with Crippen LogP contribution in [0.3, 0.4) is 0 Å². The van der Waals surface area contributed by atoms with E-state index in [4.69, 9.17) is 4.74 Å². The summed E-state index contributed by atoms with van der Waals surface area (Å²) in [4.78, 5) is 39.7. The number of anilines is 1. The number of carbonyl (C=O) groups excluding carboxylic acids is 3. The van der Waals surface area contributed by atoms with Crippen molar-refractivity contribution in [3.05, 3.63) is 56.7 Å². The van der Waals surface area contributed by atoms with Gasteiger partial charge in [0, 0.05) is 9.13 Å². The summed E-state index contributed by atoms with van der Waals surface area (Å²) < 4.78 is 5.94. The number of methoxy groups -OCH3 is 1. The summed E-state index contributed by atoms with van der Waals surface area (Å²) in [5, 5.41) is 12.8. The molecule has 0 radical (unpaired) electrons. The number of aromatic hydroxyl groups is 1. The van der Waals surface area contributed by atoms with E-state index in [2.05, 4.69) is 40.0 Å². The number of carbonyl (C=O) groups is 3. The van der Waals surface area contributed by atoms with E-state index >= 15 is 0 Å². The van der Waals surface area contributed by atoms with Crippen LogP contribution in [0.4, 0.5) is 10.5 Å². The Morgan fingerprint density at radius 2 is 1.64 bits per heavy atom. The van der Waals surface area contributed by atoms with Crippen molar-refractivity contribution in [2.45, 2.75) is 43.9 Å². The molecule has 4 aliphatic carbocycles. The standard InChI is InChI=1S/C28H27IN2O5/c1-36-23-11-20(29)9-18(24(23)32)10-22-25(33)30-27(35)31(26(22)34)21-4-2-19(3-5-21)28-12-15-6-16(13-28)8-17(7-15)14-28/h2-5,9-11,15-17,32H,6-8,12-14H2,1H3,(H,30,33,35)/b22-10+. The predicted molar refractivity (Wildman–Crippen MR) is 143 cm³/mol. The third-order valence-electron chi connectivity index (χ3n) is 8.47. The minimum Gasteiger partial charge on any atom is -0.504 e. The molecule has 2 N–H and O–H groups in total. The van der Waals surface area contributed by atoms with Crippen LogP contribution in [0.25, 0.3) is 6.08 Å². The van der Waals surface area contributed by atoms with Crippen molar-refractivity contribution in [1.82, 2.24) is 5.32 Å². The molecule has 0 unspecified atom stereocenters. The molecule has 8 heteroatoms. The van der Waals surface area contributed by atoms with Crippen LogP contribution in [0, 0.1) is 21.3 Å². The van der Waals surface area contributed by atoms with Crippen molar-refractivity contribution in [3.63, 3.8) is 0 Å². The molecule has 186 valence electrons. The molecule has 1 heterocycles. The van der Waals surface area contributed by atoms with Gasteiger partial charge in [0.1, 0.15) is 5.57 Å². The van der Waals surface area contributed by atoms with Crippen LogP contribution in [-0.4, -0.2) is 30.1 Å². The van der Waals surface area contributed by atoms with Crippen molar-refractivity contribution in [2.24, 2.45) is 17.8 Å². The second-order valence-electron chi connectivity index (χ2n) is 10.7. The number of urea groups is 1. The molecule has 7 nitrogen and oxygen atoms in total. The molecule has 1 saturated heterocycles. The van der Waals surface area contributed by atoms with Gasteiger partial charge in [-0.05, 0) is 120 Å². The van der Waals surface area contributed by atoms with Gasteiger partial charge in [-0.1, -0.05) is 12.1 Å². The Hall–Kier alpha value is -2.88. The number of phenols is 1. The summed E-state index contributed by atoms with van der Waals surface area (Å²) in [6.45, 7) is 0. The van der Waals surface area contributed by atoms with E-state index in [1.807, 2.05) is 12.1 Å². The Morgan fingerprint density at radius 1 is 1.03 bits per heavy atom. The molecule has 2 aromatic rings. The minimum absolute atomic E-state index is 0.186. The zero-order valence-electron chi connectivity index (χ0n) is 19.9. The predicted octanol–water partition coefficient (Wildman–Crippen LogP) is 5.14. The molecule has 5 fully saturated rings. The maximum absolute atomic E-state index is 13.4. The first-order valence-electron chi connectivity index (χ1n) is 12.3. The zero-order chi connectivity index (χ0) is 25.2. The van der Waals surface area contributed by atoms with Gasteiger partial charge in [0.2, 0.25) is 0 Å². The number of halogens is 1. The Morgan fingerprint density at radius 3 is 2.22 bits per heavy atom. The summed E-state index contributed by atoms with van der Waals surface area (Å²) >= 11 is 2.06. The first kappa shape index (κ1) is 23.5. The number of nitrogens with one attached hydrogen (secondary N) is 1. The molecule has 0 aromatic heterocycles. The number of benzene rings is 2. The number of nitrogens with zero attached hydrogens (tertiary/aromatic N) is 1. The van der Waals surface area contributed by atoms with Gasteiger partial charge in [0.05, 0.1) is 12.8 Å². The highest BCUT2D eigenvalue weighted by molar-refractivity contribution is 14.1. The van der Waals surface area contributed by atoms with E-state index in [0.717, 1.165) is 26.2 Å². The van der Waals surface area contributed by atoms with Crippen molar-refractivity contribution in [2.75, 3.05) is 12.0 Å². The Labute approximate surface area is 223 Å². The Balaban J connectivity index is 1.31. The molecule has 4 amide bonds. The van der Waals surface area contributed by atoms with E-state index in [1.54, 1.807) is 12.1 Å². The van der Waals surface area contributed by atoms with Gasteiger partial charge in [0.25, 0.3) is 11.8 Å². The lowest BCUT2D eigenvalue weighted by Gasteiger charge is -2.57. The molecule has 2 aromatic carbocycles. The maximum atomic E-state index is 13.4. The van der Waals surface area contributed by atoms with E-state index < -0.39 is 17.8 Å². The number of amides is 4. The fourth-order valence-corrected chi connectivity index (χ4v) is 7.95. The summed E-state index contributed by atoms with van der Waals surface area (Å²) in [6, 6.07) is 10.2. The highest BCUT2D eigenvalue weighted by Gasteiger charge is 2.51. The lowest BCUT2D eigenvalue weighted by atomic mass is 9.48. The molecule has 0 spiro atoms. The molecule has 4 saturated carbocycles. The number of ether oxygens (including phenoxy) is 1. The van der Waals surface area contributed by atoms with Crippen LogP contribution in [-0.2, 0) is 15.0 Å². The average Bonchev–Trinajstić information content (AvgIpc) is 2.83. The van der Waals surface area contributed by atoms with Crippen LogP contribution < -0.4 is 15.0 Å². The number of hydrogen-bond acceptors (Lipinski definition) is 5. The van der Waals surface area contributed by atoms with Gasteiger partial charge < -0.3 is 9.84 Å². The van der Waals surface area contributed by atoms with Gasteiger partial charge in [-0.15, -0.1) is 0 Å². The molecule has 1 aliphatic heterocycles. The highest BCUT2D eigenvalue weighted by Crippen LogP contribution is 2.60. The average molecular weight is 598 g/mol. The number of imide groups is 2. The van der Waals surface area contributed by atoms with Crippen molar-refractivity contribution in [3.8, 4) is 11.5 Å². The van der Waals surface area contributed by atoms with Gasteiger partial charge in [0.15, 0.2) is 11.5 Å². The van der Waals surface area contributed by atoms with Crippen molar-refractivity contribution >= 4 is 52.2 Å². The molecule has 0 atom stereocenters. The second kappa shape index (κ2) is 8.61.